The molecular weight excluding hydrogens is 258 g/mol. The molecule has 106 valence electrons. The molecule has 0 N–H and O–H groups in total. The fourth-order valence-electron chi connectivity index (χ4n) is 3.30. The fourth-order valence-corrected chi connectivity index (χ4v) is 3.30. The van der Waals surface area contributed by atoms with Gasteiger partial charge in [-0.1, -0.05) is 6.92 Å². The minimum absolute atomic E-state index is 0.240. The SMILES string of the molecule is COc1cc2c3c(c1)c(=O)oc(=O)n3C(C)(C)CC2C. The van der Waals surface area contributed by atoms with Crippen LogP contribution in [-0.2, 0) is 5.54 Å². The van der Waals surface area contributed by atoms with Gasteiger partial charge >= 0.3 is 11.4 Å². The number of aromatic nitrogens is 1. The van der Waals surface area contributed by atoms with Crippen molar-refractivity contribution >= 4 is 10.9 Å². The maximum atomic E-state index is 12.1. The lowest BCUT2D eigenvalue weighted by Crippen LogP contribution is -2.42. The summed E-state index contributed by atoms with van der Waals surface area (Å²) >= 11 is 0. The van der Waals surface area contributed by atoms with Gasteiger partial charge in [-0.2, -0.15) is 0 Å². The van der Waals surface area contributed by atoms with E-state index < -0.39 is 11.4 Å². The van der Waals surface area contributed by atoms with Crippen LogP contribution in [-0.4, -0.2) is 11.7 Å². The van der Waals surface area contributed by atoms with Gasteiger partial charge in [-0.3, -0.25) is 4.57 Å². The summed E-state index contributed by atoms with van der Waals surface area (Å²) in [5, 5.41) is 0.401. The molecular formula is C15H17NO4. The maximum Gasteiger partial charge on any atom is 0.422 e. The largest absolute Gasteiger partial charge is 0.497 e. The molecule has 1 aromatic heterocycles. The summed E-state index contributed by atoms with van der Waals surface area (Å²) in [6.45, 7) is 6.06. The average molecular weight is 275 g/mol. The van der Waals surface area contributed by atoms with Crippen molar-refractivity contribution in [2.45, 2.75) is 38.6 Å². The quantitative estimate of drug-likeness (QED) is 0.800. The summed E-state index contributed by atoms with van der Waals surface area (Å²) < 4.78 is 11.7. The van der Waals surface area contributed by atoms with Crippen molar-refractivity contribution in [3.8, 4) is 5.75 Å². The lowest BCUT2D eigenvalue weighted by atomic mass is 9.82. The molecule has 1 aliphatic heterocycles. The Bertz CT molecular complexity index is 813. The molecule has 0 saturated heterocycles. The standard InChI is InChI=1S/C15H17NO4/c1-8-7-15(2,3)16-12-10(8)5-9(19-4)6-11(12)13(17)20-14(16)18/h5-6,8H,7H2,1-4H3. The van der Waals surface area contributed by atoms with Crippen LogP contribution in [0.4, 0.5) is 0 Å². The Morgan fingerprint density at radius 2 is 2.05 bits per heavy atom. The van der Waals surface area contributed by atoms with Gasteiger partial charge in [0.15, 0.2) is 0 Å². The monoisotopic (exact) mass is 275 g/mol. The third-order valence-corrected chi connectivity index (χ3v) is 4.10. The second-order valence-electron chi connectivity index (χ2n) is 6.02. The van der Waals surface area contributed by atoms with Crippen molar-refractivity contribution in [1.82, 2.24) is 4.57 Å². The first-order valence-corrected chi connectivity index (χ1v) is 6.63. The van der Waals surface area contributed by atoms with Crippen LogP contribution in [0.1, 0.15) is 38.7 Å². The second kappa shape index (κ2) is 3.98. The number of rotatable bonds is 1. The van der Waals surface area contributed by atoms with Crippen molar-refractivity contribution in [3.63, 3.8) is 0 Å². The molecule has 0 bridgehead atoms. The van der Waals surface area contributed by atoms with Crippen molar-refractivity contribution in [2.75, 3.05) is 7.11 Å². The summed E-state index contributed by atoms with van der Waals surface area (Å²) in [5.74, 6) is 0.256. The number of hydrogen-bond acceptors (Lipinski definition) is 4. The molecule has 3 rings (SSSR count). The summed E-state index contributed by atoms with van der Waals surface area (Å²) in [5.41, 5.74) is 0.652. The van der Waals surface area contributed by atoms with E-state index in [1.807, 2.05) is 19.9 Å². The normalized spacial score (nSPS) is 20.1. The molecule has 0 amide bonds. The zero-order valence-corrected chi connectivity index (χ0v) is 12.0. The number of ether oxygens (including phenoxy) is 1. The van der Waals surface area contributed by atoms with Gasteiger partial charge in [0.05, 0.1) is 18.0 Å². The Kier molecular flexibility index (Phi) is 2.58. The van der Waals surface area contributed by atoms with Gasteiger partial charge in [0, 0.05) is 5.54 Å². The van der Waals surface area contributed by atoms with E-state index in [2.05, 4.69) is 6.92 Å². The molecule has 0 saturated carbocycles. The van der Waals surface area contributed by atoms with Crippen LogP contribution in [0.2, 0.25) is 0 Å². The topological polar surface area (TPSA) is 61.4 Å². The van der Waals surface area contributed by atoms with Crippen LogP contribution >= 0.6 is 0 Å². The highest BCUT2D eigenvalue weighted by Gasteiger charge is 2.34. The van der Waals surface area contributed by atoms with E-state index in [1.165, 1.54) is 0 Å². The predicted molar refractivity (Wildman–Crippen MR) is 75.7 cm³/mol. The Hall–Kier alpha value is -2.04. The maximum absolute atomic E-state index is 12.1. The van der Waals surface area contributed by atoms with E-state index >= 15 is 0 Å². The van der Waals surface area contributed by atoms with Crippen molar-refractivity contribution in [1.29, 1.82) is 0 Å². The number of nitrogens with zero attached hydrogens (tertiary/aromatic N) is 1. The van der Waals surface area contributed by atoms with Gasteiger partial charge in [-0.15, -0.1) is 0 Å². The minimum atomic E-state index is -0.605. The van der Waals surface area contributed by atoms with Crippen LogP contribution < -0.4 is 16.1 Å². The van der Waals surface area contributed by atoms with E-state index in [1.54, 1.807) is 17.7 Å². The molecule has 1 atom stereocenters. The molecule has 1 unspecified atom stereocenters. The van der Waals surface area contributed by atoms with Crippen LogP contribution in [0.25, 0.3) is 10.9 Å². The van der Waals surface area contributed by atoms with Crippen LogP contribution in [0.5, 0.6) is 5.75 Å². The van der Waals surface area contributed by atoms with Gasteiger partial charge in [-0.05, 0) is 43.9 Å². The Balaban J connectivity index is 2.60. The van der Waals surface area contributed by atoms with Crippen molar-refractivity contribution < 1.29 is 9.15 Å². The third-order valence-electron chi connectivity index (χ3n) is 4.10. The van der Waals surface area contributed by atoms with E-state index in [4.69, 9.17) is 9.15 Å². The smallest absolute Gasteiger partial charge is 0.422 e. The average Bonchev–Trinajstić information content (AvgIpc) is 2.35. The first-order chi connectivity index (χ1) is 9.35. The molecule has 5 heteroatoms. The molecule has 0 fully saturated rings. The highest BCUT2D eigenvalue weighted by molar-refractivity contribution is 5.84. The molecule has 0 spiro atoms. The molecule has 1 aliphatic rings. The number of benzene rings is 1. The van der Waals surface area contributed by atoms with E-state index in [9.17, 15) is 9.59 Å². The number of methoxy groups -OCH3 is 1. The van der Waals surface area contributed by atoms with Crippen LogP contribution in [0.3, 0.4) is 0 Å². The number of hydrogen-bond donors (Lipinski definition) is 0. The second-order valence-corrected chi connectivity index (χ2v) is 6.02. The molecule has 1 aromatic carbocycles. The predicted octanol–water partition coefficient (Wildman–Crippen LogP) is 2.21. The highest BCUT2D eigenvalue weighted by atomic mass is 16.5. The molecule has 2 aromatic rings. The van der Waals surface area contributed by atoms with Gasteiger partial charge < -0.3 is 9.15 Å². The third kappa shape index (κ3) is 1.62. The summed E-state index contributed by atoms with van der Waals surface area (Å²) in [6.07, 6.45) is 0.801. The molecule has 2 heterocycles. The molecule has 0 aliphatic carbocycles. The Labute approximate surface area is 115 Å². The summed E-state index contributed by atoms with van der Waals surface area (Å²) in [6, 6.07) is 3.53. The van der Waals surface area contributed by atoms with Crippen molar-refractivity contribution in [3.05, 3.63) is 38.7 Å². The lowest BCUT2D eigenvalue weighted by Gasteiger charge is -2.36. The zero-order valence-electron chi connectivity index (χ0n) is 12.0. The van der Waals surface area contributed by atoms with E-state index in [0.29, 0.717) is 16.7 Å². The van der Waals surface area contributed by atoms with E-state index in [0.717, 1.165) is 12.0 Å². The molecule has 0 radical (unpaired) electrons. The fraction of sp³-hybridized carbons (Fsp3) is 0.467. The first-order valence-electron chi connectivity index (χ1n) is 6.63. The van der Waals surface area contributed by atoms with Gasteiger partial charge in [0.2, 0.25) is 0 Å². The Morgan fingerprint density at radius 1 is 1.35 bits per heavy atom. The van der Waals surface area contributed by atoms with Gasteiger partial charge in [0.1, 0.15) is 5.75 Å². The van der Waals surface area contributed by atoms with E-state index in [-0.39, 0.29) is 11.5 Å². The Morgan fingerprint density at radius 3 is 2.70 bits per heavy atom. The lowest BCUT2D eigenvalue weighted by molar-refractivity contribution is 0.255. The molecule has 5 nitrogen and oxygen atoms in total. The summed E-state index contributed by atoms with van der Waals surface area (Å²) in [7, 11) is 1.56. The highest BCUT2D eigenvalue weighted by Crippen LogP contribution is 2.40. The summed E-state index contributed by atoms with van der Waals surface area (Å²) in [4.78, 5) is 24.1. The van der Waals surface area contributed by atoms with Gasteiger partial charge in [-0.25, -0.2) is 9.59 Å². The van der Waals surface area contributed by atoms with Crippen LogP contribution in [0.15, 0.2) is 26.1 Å². The zero-order chi connectivity index (χ0) is 14.7. The van der Waals surface area contributed by atoms with Crippen molar-refractivity contribution in [2.24, 2.45) is 0 Å². The van der Waals surface area contributed by atoms with Gasteiger partial charge in [0.25, 0.3) is 0 Å². The first kappa shape index (κ1) is 13.0. The minimum Gasteiger partial charge on any atom is -0.497 e. The van der Waals surface area contributed by atoms with Crippen LogP contribution in [0, 0.1) is 0 Å². The molecule has 20 heavy (non-hydrogen) atoms.